The van der Waals surface area contributed by atoms with Crippen molar-refractivity contribution in [3.8, 4) is 5.69 Å². The van der Waals surface area contributed by atoms with Crippen LogP contribution >= 0.6 is 11.8 Å². The summed E-state index contributed by atoms with van der Waals surface area (Å²) >= 11 is 1.90. The maximum Gasteiger partial charge on any atom is 0.160 e. The highest BCUT2D eigenvalue weighted by Gasteiger charge is 2.46. The van der Waals surface area contributed by atoms with Crippen LogP contribution in [-0.2, 0) is 0 Å². The van der Waals surface area contributed by atoms with E-state index in [0.717, 1.165) is 17.9 Å². The lowest BCUT2D eigenvalue weighted by atomic mass is 9.95. The predicted octanol–water partition coefficient (Wildman–Crippen LogP) is 6.62. The molecule has 0 saturated carbocycles. The van der Waals surface area contributed by atoms with Gasteiger partial charge in [-0.25, -0.2) is 0 Å². The van der Waals surface area contributed by atoms with E-state index in [1.165, 1.54) is 38.6 Å². The van der Waals surface area contributed by atoms with Crippen molar-refractivity contribution in [2.24, 2.45) is 4.99 Å². The molecule has 2 aliphatic rings. The standard InChI is InChI=1S/C28H28N4S/c1-4-21-17-33-28-30-26(24-13-7-8-15-29-24)27(32(21)28)23-16-18(2)31(19(23)3)25-14-9-11-20-10-5-6-12-22(20)25/h5-16,21,26-27H,4,17H2,1-3H3/t21-,26+,27-/m1/s1. The highest BCUT2D eigenvalue weighted by atomic mass is 32.2. The highest BCUT2D eigenvalue weighted by molar-refractivity contribution is 8.14. The highest BCUT2D eigenvalue weighted by Crippen LogP contribution is 2.50. The van der Waals surface area contributed by atoms with Gasteiger partial charge in [-0.3, -0.25) is 9.98 Å². The topological polar surface area (TPSA) is 33.4 Å². The number of rotatable bonds is 4. The third-order valence-corrected chi connectivity index (χ3v) is 8.25. The smallest absolute Gasteiger partial charge is 0.160 e. The molecule has 4 heterocycles. The summed E-state index contributed by atoms with van der Waals surface area (Å²) in [6.45, 7) is 6.78. The molecule has 0 bridgehead atoms. The molecule has 0 unspecified atom stereocenters. The number of hydrogen-bond donors (Lipinski definition) is 0. The van der Waals surface area contributed by atoms with Crippen molar-refractivity contribution in [2.75, 3.05) is 5.75 Å². The van der Waals surface area contributed by atoms with E-state index in [1.54, 1.807) is 0 Å². The summed E-state index contributed by atoms with van der Waals surface area (Å²) in [6, 6.07) is 24.5. The molecule has 5 heteroatoms. The first-order valence-corrected chi connectivity index (χ1v) is 12.7. The molecule has 2 aromatic heterocycles. The first kappa shape index (κ1) is 20.5. The van der Waals surface area contributed by atoms with Gasteiger partial charge >= 0.3 is 0 Å². The van der Waals surface area contributed by atoms with Crippen LogP contribution in [0.25, 0.3) is 16.5 Å². The van der Waals surface area contributed by atoms with Crippen molar-refractivity contribution in [1.82, 2.24) is 14.5 Å². The van der Waals surface area contributed by atoms with E-state index in [2.05, 4.69) is 90.9 Å². The minimum atomic E-state index is 0.0181. The van der Waals surface area contributed by atoms with Gasteiger partial charge in [0.1, 0.15) is 6.04 Å². The van der Waals surface area contributed by atoms with Crippen LogP contribution in [0, 0.1) is 13.8 Å². The van der Waals surface area contributed by atoms with Gasteiger partial charge in [0.05, 0.1) is 17.4 Å². The summed E-state index contributed by atoms with van der Waals surface area (Å²) in [6.07, 6.45) is 3.01. The van der Waals surface area contributed by atoms with Gasteiger partial charge in [-0.05, 0) is 55.5 Å². The van der Waals surface area contributed by atoms with E-state index in [4.69, 9.17) is 9.98 Å². The van der Waals surface area contributed by atoms with Crippen molar-refractivity contribution in [2.45, 2.75) is 45.3 Å². The Morgan fingerprint density at radius 1 is 1.00 bits per heavy atom. The second kappa shape index (κ2) is 8.07. The Morgan fingerprint density at radius 3 is 2.64 bits per heavy atom. The maximum atomic E-state index is 5.21. The Balaban J connectivity index is 1.52. The number of hydrogen-bond acceptors (Lipinski definition) is 4. The largest absolute Gasteiger partial charge is 0.338 e. The van der Waals surface area contributed by atoms with Gasteiger partial charge in [0.2, 0.25) is 0 Å². The van der Waals surface area contributed by atoms with Crippen LogP contribution < -0.4 is 0 Å². The van der Waals surface area contributed by atoms with Crippen molar-refractivity contribution in [1.29, 1.82) is 0 Å². The normalized spacial score (nSPS) is 22.1. The molecule has 2 aromatic carbocycles. The summed E-state index contributed by atoms with van der Waals surface area (Å²) in [4.78, 5) is 12.5. The quantitative estimate of drug-likeness (QED) is 0.349. The molecule has 3 atom stereocenters. The first-order valence-electron chi connectivity index (χ1n) is 11.7. The Morgan fingerprint density at radius 2 is 1.82 bits per heavy atom. The van der Waals surface area contributed by atoms with Crippen LogP contribution in [0.4, 0.5) is 0 Å². The number of nitrogens with zero attached hydrogens (tertiary/aromatic N) is 4. The van der Waals surface area contributed by atoms with Crippen molar-refractivity contribution in [3.63, 3.8) is 0 Å². The van der Waals surface area contributed by atoms with Gasteiger partial charge in [-0.1, -0.05) is 61.2 Å². The van der Waals surface area contributed by atoms with Crippen LogP contribution in [0.15, 0.2) is 77.9 Å². The molecule has 2 aliphatic heterocycles. The lowest BCUT2D eigenvalue weighted by Crippen LogP contribution is -2.35. The number of aryl methyl sites for hydroxylation is 1. The monoisotopic (exact) mass is 452 g/mol. The lowest BCUT2D eigenvalue weighted by molar-refractivity contribution is 0.254. The molecule has 1 fully saturated rings. The molecule has 1 saturated heterocycles. The van der Waals surface area contributed by atoms with Crippen molar-refractivity contribution in [3.05, 3.63) is 95.6 Å². The molecule has 0 amide bonds. The van der Waals surface area contributed by atoms with E-state index in [9.17, 15) is 0 Å². The van der Waals surface area contributed by atoms with Crippen LogP contribution in [0.1, 0.15) is 48.1 Å². The van der Waals surface area contributed by atoms with E-state index in [-0.39, 0.29) is 12.1 Å². The predicted molar refractivity (Wildman–Crippen MR) is 138 cm³/mol. The summed E-state index contributed by atoms with van der Waals surface area (Å²) in [5.74, 6) is 1.11. The molecule has 0 spiro atoms. The molecule has 33 heavy (non-hydrogen) atoms. The van der Waals surface area contributed by atoms with Gasteiger partial charge in [-0.2, -0.15) is 0 Å². The van der Waals surface area contributed by atoms with E-state index < -0.39 is 0 Å². The average molecular weight is 453 g/mol. The number of pyridine rings is 1. The van der Waals surface area contributed by atoms with Crippen LogP contribution in [0.2, 0.25) is 0 Å². The maximum absolute atomic E-state index is 5.21. The summed E-state index contributed by atoms with van der Waals surface area (Å²) in [7, 11) is 0. The van der Waals surface area contributed by atoms with Gasteiger partial charge in [-0.15, -0.1) is 0 Å². The number of aromatic nitrogens is 2. The van der Waals surface area contributed by atoms with Crippen molar-refractivity contribution >= 4 is 27.7 Å². The van der Waals surface area contributed by atoms with E-state index >= 15 is 0 Å². The van der Waals surface area contributed by atoms with Gasteiger partial charge in [0, 0.05) is 34.8 Å². The Kier molecular flexibility index (Phi) is 5.02. The molecular weight excluding hydrogens is 424 g/mol. The fraction of sp³-hybridized carbons (Fsp3) is 0.286. The Bertz CT molecular complexity index is 1350. The van der Waals surface area contributed by atoms with Crippen LogP contribution in [-0.4, -0.2) is 31.4 Å². The third-order valence-electron chi connectivity index (χ3n) is 7.13. The number of aliphatic imine (C=N–C) groups is 1. The van der Waals surface area contributed by atoms with Gasteiger partial charge in [0.25, 0.3) is 0 Å². The number of benzene rings is 2. The zero-order valence-corrected chi connectivity index (χ0v) is 20.1. The second-order valence-electron chi connectivity index (χ2n) is 9.00. The SMILES string of the molecule is CC[C@@H]1CSC2=N[C@@H](c3ccccn3)[C@@H](c3cc(C)n(-c4cccc5ccccc45)c3C)N21. The number of amidine groups is 1. The molecule has 4 nitrogen and oxygen atoms in total. The Hall–Kier alpha value is -3.05. The minimum absolute atomic E-state index is 0.0181. The minimum Gasteiger partial charge on any atom is -0.338 e. The first-order chi connectivity index (χ1) is 16.2. The molecule has 0 N–H and O–H groups in total. The van der Waals surface area contributed by atoms with Crippen LogP contribution in [0.5, 0.6) is 0 Å². The molecule has 4 aromatic rings. The molecule has 0 radical (unpaired) electrons. The lowest BCUT2D eigenvalue weighted by Gasteiger charge is -2.32. The van der Waals surface area contributed by atoms with Crippen LogP contribution in [0.3, 0.4) is 0 Å². The van der Waals surface area contributed by atoms with Gasteiger partial charge in [0.15, 0.2) is 5.17 Å². The molecular formula is C28H28N4S. The Labute approximate surface area is 199 Å². The summed E-state index contributed by atoms with van der Waals surface area (Å²) in [5.41, 5.74) is 6.20. The zero-order chi connectivity index (χ0) is 22.5. The number of fused-ring (bicyclic) bond motifs is 2. The average Bonchev–Trinajstić information content (AvgIpc) is 3.50. The molecule has 166 valence electrons. The number of thioether (sulfide) groups is 1. The molecule has 6 rings (SSSR count). The third kappa shape index (κ3) is 3.21. The van der Waals surface area contributed by atoms with E-state index in [1.807, 2.05) is 24.0 Å². The zero-order valence-electron chi connectivity index (χ0n) is 19.3. The van der Waals surface area contributed by atoms with Gasteiger partial charge < -0.3 is 9.47 Å². The van der Waals surface area contributed by atoms with Crippen molar-refractivity contribution < 1.29 is 0 Å². The fourth-order valence-electron chi connectivity index (χ4n) is 5.55. The summed E-state index contributed by atoms with van der Waals surface area (Å²) in [5, 5.41) is 3.72. The fourth-order valence-corrected chi connectivity index (χ4v) is 6.89. The van der Waals surface area contributed by atoms with E-state index in [0.29, 0.717) is 6.04 Å². The summed E-state index contributed by atoms with van der Waals surface area (Å²) < 4.78 is 2.43. The molecule has 0 aliphatic carbocycles. The second-order valence-corrected chi connectivity index (χ2v) is 9.98.